The predicted octanol–water partition coefficient (Wildman–Crippen LogP) is 2.04. The summed E-state index contributed by atoms with van der Waals surface area (Å²) in [5.41, 5.74) is 1.92. The molecule has 4 N–H and O–H groups in total. The molecule has 0 spiro atoms. The second-order valence-electron chi connectivity index (χ2n) is 3.76. The number of aromatic amines is 1. The van der Waals surface area contributed by atoms with Crippen LogP contribution in [-0.4, -0.2) is 13.4 Å². The van der Waals surface area contributed by atoms with Crippen LogP contribution in [0.4, 0.5) is 5.69 Å². The third-order valence-corrected chi connectivity index (χ3v) is 3.98. The summed E-state index contributed by atoms with van der Waals surface area (Å²) < 4.78 is 23.0. The van der Waals surface area contributed by atoms with E-state index in [0.29, 0.717) is 11.0 Å². The quantitative estimate of drug-likeness (QED) is 0.801. The molecule has 0 aliphatic heterocycles. The Balaban J connectivity index is 2.15. The summed E-state index contributed by atoms with van der Waals surface area (Å²) in [5, 5.41) is 8.25. The minimum absolute atomic E-state index is 0.0848. The van der Waals surface area contributed by atoms with Crippen molar-refractivity contribution in [3.05, 3.63) is 46.7 Å². The number of hydrogen-bond donors (Lipinski definition) is 3. The van der Waals surface area contributed by atoms with E-state index < -0.39 is 10.0 Å². The Morgan fingerprint density at radius 1 is 1.33 bits per heavy atom. The number of anilines is 1. The highest BCUT2D eigenvalue weighted by Gasteiger charge is 2.10. The lowest BCUT2D eigenvalue weighted by atomic mass is 10.3. The topological polar surface area (TPSA) is 88.0 Å². The Morgan fingerprint density at radius 3 is 2.67 bits per heavy atom. The SMILES string of the molecule is NS(=O)(=O)c1ccc(NCc2cc[nH]c2)c(Br)c1. The zero-order valence-corrected chi connectivity index (χ0v) is 11.8. The van der Waals surface area contributed by atoms with Crippen molar-refractivity contribution in [3.63, 3.8) is 0 Å². The number of halogens is 1. The molecule has 0 unspecified atom stereocenters. The third kappa shape index (κ3) is 3.12. The number of nitrogens with two attached hydrogens (primary N) is 1. The van der Waals surface area contributed by atoms with Crippen molar-refractivity contribution in [1.29, 1.82) is 0 Å². The minimum Gasteiger partial charge on any atom is -0.380 e. The van der Waals surface area contributed by atoms with Crippen molar-refractivity contribution < 1.29 is 8.42 Å². The first kappa shape index (κ1) is 13.1. The summed E-state index contributed by atoms with van der Waals surface area (Å²) in [7, 11) is -3.66. The average molecular weight is 330 g/mol. The van der Waals surface area contributed by atoms with Crippen LogP contribution in [0.15, 0.2) is 46.0 Å². The first-order valence-electron chi connectivity index (χ1n) is 5.15. The molecule has 18 heavy (non-hydrogen) atoms. The predicted molar refractivity (Wildman–Crippen MR) is 73.6 cm³/mol. The Morgan fingerprint density at radius 2 is 2.11 bits per heavy atom. The molecule has 2 aromatic rings. The van der Waals surface area contributed by atoms with Crippen molar-refractivity contribution in [2.75, 3.05) is 5.32 Å². The van der Waals surface area contributed by atoms with Crippen molar-refractivity contribution in [3.8, 4) is 0 Å². The number of rotatable bonds is 4. The molecule has 0 bridgehead atoms. The normalized spacial score (nSPS) is 11.4. The Labute approximate surface area is 114 Å². The molecule has 0 atom stereocenters. The van der Waals surface area contributed by atoms with Crippen LogP contribution >= 0.6 is 15.9 Å². The van der Waals surface area contributed by atoms with Crippen LogP contribution in [0.25, 0.3) is 0 Å². The highest BCUT2D eigenvalue weighted by Crippen LogP contribution is 2.25. The second kappa shape index (κ2) is 5.13. The van der Waals surface area contributed by atoms with E-state index in [4.69, 9.17) is 5.14 Å². The summed E-state index contributed by atoms with van der Waals surface area (Å²) >= 11 is 3.31. The minimum atomic E-state index is -3.66. The lowest BCUT2D eigenvalue weighted by Gasteiger charge is -2.08. The van der Waals surface area contributed by atoms with E-state index in [0.717, 1.165) is 11.3 Å². The van der Waals surface area contributed by atoms with Gasteiger partial charge in [-0.25, -0.2) is 13.6 Å². The Bertz CT molecular complexity index is 638. The lowest BCUT2D eigenvalue weighted by molar-refractivity contribution is 0.598. The maximum absolute atomic E-state index is 11.2. The molecule has 7 heteroatoms. The van der Waals surface area contributed by atoms with Crippen LogP contribution in [-0.2, 0) is 16.6 Å². The summed E-state index contributed by atoms with van der Waals surface area (Å²) in [6.07, 6.45) is 3.73. The van der Waals surface area contributed by atoms with Gasteiger partial charge in [-0.2, -0.15) is 0 Å². The van der Waals surface area contributed by atoms with Gasteiger partial charge in [-0.15, -0.1) is 0 Å². The zero-order chi connectivity index (χ0) is 13.2. The number of aromatic nitrogens is 1. The largest absolute Gasteiger partial charge is 0.380 e. The average Bonchev–Trinajstić information content (AvgIpc) is 2.79. The van der Waals surface area contributed by atoms with Crippen molar-refractivity contribution in [2.24, 2.45) is 5.14 Å². The fraction of sp³-hybridized carbons (Fsp3) is 0.0909. The Hall–Kier alpha value is -1.31. The van der Waals surface area contributed by atoms with Crippen LogP contribution in [0.5, 0.6) is 0 Å². The molecule has 5 nitrogen and oxygen atoms in total. The summed E-state index contributed by atoms with van der Waals surface area (Å²) in [6.45, 7) is 0.650. The highest BCUT2D eigenvalue weighted by atomic mass is 79.9. The zero-order valence-electron chi connectivity index (χ0n) is 9.35. The van der Waals surface area contributed by atoms with Gasteiger partial charge in [0.1, 0.15) is 0 Å². The van der Waals surface area contributed by atoms with Crippen molar-refractivity contribution in [2.45, 2.75) is 11.4 Å². The summed E-state index contributed by atoms with van der Waals surface area (Å²) in [6, 6.07) is 6.59. The van der Waals surface area contributed by atoms with E-state index in [1.165, 1.54) is 12.1 Å². The molecule has 0 saturated carbocycles. The van der Waals surface area contributed by atoms with Gasteiger partial charge in [-0.05, 0) is 45.8 Å². The molecule has 1 aromatic carbocycles. The summed E-state index contributed by atoms with van der Waals surface area (Å²) in [4.78, 5) is 3.05. The number of hydrogen-bond acceptors (Lipinski definition) is 3. The number of nitrogens with one attached hydrogen (secondary N) is 2. The fourth-order valence-corrected chi connectivity index (χ4v) is 2.69. The number of sulfonamides is 1. The van der Waals surface area contributed by atoms with Crippen LogP contribution in [0, 0.1) is 0 Å². The molecule has 1 heterocycles. The number of primary sulfonamides is 1. The highest BCUT2D eigenvalue weighted by molar-refractivity contribution is 9.10. The molecule has 2 rings (SSSR count). The lowest BCUT2D eigenvalue weighted by Crippen LogP contribution is -2.12. The number of benzene rings is 1. The smallest absolute Gasteiger partial charge is 0.238 e. The molecule has 0 aliphatic carbocycles. The van der Waals surface area contributed by atoms with Crippen molar-refractivity contribution in [1.82, 2.24) is 4.98 Å². The maximum Gasteiger partial charge on any atom is 0.238 e. The Kier molecular flexibility index (Phi) is 3.74. The molecular weight excluding hydrogens is 318 g/mol. The number of H-pyrrole nitrogens is 1. The van der Waals surface area contributed by atoms with Gasteiger partial charge in [-0.3, -0.25) is 0 Å². The second-order valence-corrected chi connectivity index (χ2v) is 6.18. The van der Waals surface area contributed by atoms with Crippen LogP contribution in [0.2, 0.25) is 0 Å². The standard InChI is InChI=1S/C11H12BrN3O2S/c12-10-5-9(18(13,16)17)1-2-11(10)15-7-8-3-4-14-6-8/h1-6,14-15H,7H2,(H2,13,16,17). The van der Waals surface area contributed by atoms with Gasteiger partial charge in [0, 0.05) is 29.1 Å². The first-order chi connectivity index (χ1) is 8.47. The molecule has 0 saturated heterocycles. The van der Waals surface area contributed by atoms with Gasteiger partial charge in [0.2, 0.25) is 10.0 Å². The van der Waals surface area contributed by atoms with Gasteiger partial charge < -0.3 is 10.3 Å². The monoisotopic (exact) mass is 329 g/mol. The van der Waals surface area contributed by atoms with Gasteiger partial charge >= 0.3 is 0 Å². The first-order valence-corrected chi connectivity index (χ1v) is 7.48. The van der Waals surface area contributed by atoms with E-state index in [9.17, 15) is 8.42 Å². The molecule has 0 fully saturated rings. The van der Waals surface area contributed by atoms with E-state index in [2.05, 4.69) is 26.2 Å². The van der Waals surface area contributed by atoms with Gasteiger partial charge in [0.15, 0.2) is 0 Å². The molecule has 0 aliphatic rings. The summed E-state index contributed by atoms with van der Waals surface area (Å²) in [5.74, 6) is 0. The molecular formula is C11H12BrN3O2S. The van der Waals surface area contributed by atoms with E-state index in [1.54, 1.807) is 6.07 Å². The van der Waals surface area contributed by atoms with Crippen LogP contribution < -0.4 is 10.5 Å². The van der Waals surface area contributed by atoms with Gasteiger partial charge in [-0.1, -0.05) is 0 Å². The van der Waals surface area contributed by atoms with Crippen LogP contribution in [0.3, 0.4) is 0 Å². The van der Waals surface area contributed by atoms with E-state index in [-0.39, 0.29) is 4.90 Å². The van der Waals surface area contributed by atoms with Gasteiger partial charge in [0.05, 0.1) is 4.90 Å². The molecule has 0 amide bonds. The van der Waals surface area contributed by atoms with E-state index >= 15 is 0 Å². The molecule has 96 valence electrons. The van der Waals surface area contributed by atoms with Crippen molar-refractivity contribution >= 4 is 31.6 Å². The third-order valence-electron chi connectivity index (χ3n) is 2.41. The fourth-order valence-electron chi connectivity index (χ4n) is 1.48. The van der Waals surface area contributed by atoms with Crippen LogP contribution in [0.1, 0.15) is 5.56 Å². The van der Waals surface area contributed by atoms with Gasteiger partial charge in [0.25, 0.3) is 0 Å². The molecule has 0 radical (unpaired) electrons. The molecule has 1 aromatic heterocycles. The maximum atomic E-state index is 11.2. The van der Waals surface area contributed by atoms with E-state index in [1.807, 2.05) is 18.5 Å².